The molecule has 0 saturated heterocycles. The van der Waals surface area contributed by atoms with Crippen molar-refractivity contribution in [1.29, 1.82) is 0 Å². The van der Waals surface area contributed by atoms with Gasteiger partial charge in [0, 0.05) is 12.5 Å². The standard InChI is InChI=1S/C15H12NO/c17-10-16-9-15-13-7-3-1-5-11(13)12-6-2-4-8-14(12)15/h1-8,15H,9H2,(H,16,17). The summed E-state index contributed by atoms with van der Waals surface area (Å²) in [6, 6.07) is 16.7. The smallest absolute Gasteiger partial charge is 0.309 e. The third kappa shape index (κ3) is 1.53. The maximum atomic E-state index is 10.3. The molecule has 83 valence electrons. The first-order valence-electron chi connectivity index (χ1n) is 5.70. The van der Waals surface area contributed by atoms with Crippen molar-refractivity contribution in [2.45, 2.75) is 5.92 Å². The van der Waals surface area contributed by atoms with Gasteiger partial charge in [0.05, 0.1) is 0 Å². The van der Waals surface area contributed by atoms with Gasteiger partial charge in [0.2, 0.25) is 0 Å². The predicted molar refractivity (Wildman–Crippen MR) is 67.4 cm³/mol. The summed E-state index contributed by atoms with van der Waals surface area (Å²) >= 11 is 0. The number of carbonyl (C=O) groups excluding carboxylic acids is 1. The molecule has 0 aromatic heterocycles. The molecule has 2 aromatic rings. The highest BCUT2D eigenvalue weighted by molar-refractivity contribution is 5.78. The van der Waals surface area contributed by atoms with Crippen LogP contribution in [0.5, 0.6) is 0 Å². The first-order chi connectivity index (χ1) is 8.42. The van der Waals surface area contributed by atoms with Gasteiger partial charge in [-0.2, -0.15) is 0 Å². The van der Waals surface area contributed by atoms with Crippen LogP contribution in [0.2, 0.25) is 0 Å². The van der Waals surface area contributed by atoms with Crippen LogP contribution in [0, 0.1) is 0 Å². The van der Waals surface area contributed by atoms with Crippen LogP contribution in [-0.4, -0.2) is 13.0 Å². The van der Waals surface area contributed by atoms with Crippen molar-refractivity contribution in [1.82, 2.24) is 5.32 Å². The normalized spacial score (nSPS) is 12.9. The molecule has 1 N–H and O–H groups in total. The van der Waals surface area contributed by atoms with Gasteiger partial charge in [-0.25, -0.2) is 0 Å². The lowest BCUT2D eigenvalue weighted by Gasteiger charge is -2.11. The number of rotatable bonds is 3. The molecule has 2 nitrogen and oxygen atoms in total. The van der Waals surface area contributed by atoms with E-state index >= 15 is 0 Å². The zero-order valence-electron chi connectivity index (χ0n) is 9.31. The fourth-order valence-electron chi connectivity index (χ4n) is 2.62. The highest BCUT2D eigenvalue weighted by atomic mass is 16.1. The molecule has 0 saturated carbocycles. The average molecular weight is 222 g/mol. The van der Waals surface area contributed by atoms with Crippen molar-refractivity contribution in [2.24, 2.45) is 0 Å². The Hall–Kier alpha value is -2.09. The Bertz CT molecular complexity index is 517. The lowest BCUT2D eigenvalue weighted by atomic mass is 9.97. The van der Waals surface area contributed by atoms with E-state index in [1.54, 1.807) is 6.41 Å². The van der Waals surface area contributed by atoms with E-state index in [1.807, 2.05) is 12.1 Å². The monoisotopic (exact) mass is 222 g/mol. The second-order valence-corrected chi connectivity index (χ2v) is 4.21. The van der Waals surface area contributed by atoms with Crippen LogP contribution < -0.4 is 5.32 Å². The molecule has 1 aliphatic carbocycles. The van der Waals surface area contributed by atoms with E-state index < -0.39 is 0 Å². The number of benzene rings is 2. The fraction of sp³-hybridized carbons (Fsp3) is 0.133. The number of fused-ring (bicyclic) bond motifs is 3. The Labute approximate surface area is 100 Å². The molecule has 1 amide bonds. The van der Waals surface area contributed by atoms with E-state index in [2.05, 4.69) is 41.7 Å². The topological polar surface area (TPSA) is 29.1 Å². The minimum atomic E-state index is 0.254. The van der Waals surface area contributed by atoms with Crippen molar-refractivity contribution in [2.75, 3.05) is 6.54 Å². The highest BCUT2D eigenvalue weighted by Gasteiger charge is 2.27. The van der Waals surface area contributed by atoms with Gasteiger partial charge in [-0.05, 0) is 22.3 Å². The van der Waals surface area contributed by atoms with Crippen molar-refractivity contribution in [3.63, 3.8) is 0 Å². The van der Waals surface area contributed by atoms with Crippen molar-refractivity contribution in [3.8, 4) is 11.1 Å². The Kier molecular flexibility index (Phi) is 2.41. The lowest BCUT2D eigenvalue weighted by Crippen LogP contribution is -2.19. The van der Waals surface area contributed by atoms with Gasteiger partial charge in [-0.3, -0.25) is 4.79 Å². The van der Waals surface area contributed by atoms with Crippen LogP contribution in [0.1, 0.15) is 17.0 Å². The Balaban J connectivity index is 2.13. The summed E-state index contributed by atoms with van der Waals surface area (Å²) in [6.07, 6.45) is 1.76. The summed E-state index contributed by atoms with van der Waals surface area (Å²) in [5.41, 5.74) is 5.13. The second-order valence-electron chi connectivity index (χ2n) is 4.21. The molecule has 1 radical (unpaired) electrons. The van der Waals surface area contributed by atoms with Gasteiger partial charge in [0.25, 0.3) is 0 Å². The van der Waals surface area contributed by atoms with Gasteiger partial charge in [-0.15, -0.1) is 0 Å². The van der Waals surface area contributed by atoms with E-state index in [1.165, 1.54) is 22.3 Å². The SMILES string of the molecule is O=[C]NCC1c2ccccc2-c2ccccc21. The molecule has 2 heteroatoms. The largest absolute Gasteiger partial charge is 0.347 e. The van der Waals surface area contributed by atoms with Crippen LogP contribution in [0.4, 0.5) is 0 Å². The number of nitrogens with one attached hydrogen (secondary N) is 1. The summed E-state index contributed by atoms with van der Waals surface area (Å²) in [5, 5.41) is 2.67. The van der Waals surface area contributed by atoms with Crippen molar-refractivity contribution in [3.05, 3.63) is 59.7 Å². The summed E-state index contributed by atoms with van der Waals surface area (Å²) in [5.74, 6) is 0.254. The number of hydrogen-bond donors (Lipinski definition) is 1. The van der Waals surface area contributed by atoms with Gasteiger partial charge in [0.1, 0.15) is 0 Å². The highest BCUT2D eigenvalue weighted by Crippen LogP contribution is 2.43. The summed E-state index contributed by atoms with van der Waals surface area (Å²) in [7, 11) is 0. The zero-order valence-corrected chi connectivity index (χ0v) is 9.31. The molecule has 1 aliphatic rings. The quantitative estimate of drug-likeness (QED) is 0.794. The molecular formula is C15H12NO. The van der Waals surface area contributed by atoms with Crippen LogP contribution in [-0.2, 0) is 4.79 Å². The first-order valence-corrected chi connectivity index (χ1v) is 5.70. The summed E-state index contributed by atoms with van der Waals surface area (Å²) in [6.45, 7) is 0.609. The van der Waals surface area contributed by atoms with Gasteiger partial charge in [0.15, 0.2) is 0 Å². The van der Waals surface area contributed by atoms with Crippen molar-refractivity contribution >= 4 is 6.41 Å². The summed E-state index contributed by atoms with van der Waals surface area (Å²) < 4.78 is 0. The van der Waals surface area contributed by atoms with E-state index in [0.29, 0.717) is 6.54 Å². The molecule has 0 aliphatic heterocycles. The molecule has 0 atom stereocenters. The Morgan fingerprint density at radius 1 is 0.941 bits per heavy atom. The third-order valence-electron chi connectivity index (χ3n) is 3.34. The molecule has 0 fully saturated rings. The molecular weight excluding hydrogens is 210 g/mol. The maximum absolute atomic E-state index is 10.3. The lowest BCUT2D eigenvalue weighted by molar-refractivity contribution is 0.539. The van der Waals surface area contributed by atoms with E-state index in [4.69, 9.17) is 0 Å². The Morgan fingerprint density at radius 2 is 1.47 bits per heavy atom. The van der Waals surface area contributed by atoms with Crippen LogP contribution in [0.15, 0.2) is 48.5 Å². The molecule has 0 heterocycles. The van der Waals surface area contributed by atoms with Crippen LogP contribution in [0.25, 0.3) is 11.1 Å². The van der Waals surface area contributed by atoms with E-state index in [-0.39, 0.29) is 5.92 Å². The fourth-order valence-corrected chi connectivity index (χ4v) is 2.62. The predicted octanol–water partition coefficient (Wildman–Crippen LogP) is 2.46. The molecule has 2 aromatic carbocycles. The number of amides is 1. The molecule has 3 rings (SSSR count). The summed E-state index contributed by atoms with van der Waals surface area (Å²) in [4.78, 5) is 10.3. The molecule has 0 bridgehead atoms. The van der Waals surface area contributed by atoms with Crippen LogP contribution >= 0.6 is 0 Å². The molecule has 17 heavy (non-hydrogen) atoms. The van der Waals surface area contributed by atoms with Crippen molar-refractivity contribution < 1.29 is 4.79 Å². The van der Waals surface area contributed by atoms with Gasteiger partial charge < -0.3 is 5.32 Å². The third-order valence-corrected chi connectivity index (χ3v) is 3.34. The van der Waals surface area contributed by atoms with Gasteiger partial charge >= 0.3 is 6.41 Å². The maximum Gasteiger partial charge on any atom is 0.309 e. The zero-order chi connectivity index (χ0) is 11.7. The van der Waals surface area contributed by atoms with E-state index in [0.717, 1.165) is 0 Å². The molecule has 0 unspecified atom stereocenters. The van der Waals surface area contributed by atoms with Crippen LogP contribution in [0.3, 0.4) is 0 Å². The van der Waals surface area contributed by atoms with E-state index in [9.17, 15) is 4.79 Å². The molecule has 0 spiro atoms. The second kappa shape index (κ2) is 4.06. The average Bonchev–Trinajstić information content (AvgIpc) is 2.71. The minimum absolute atomic E-state index is 0.254. The minimum Gasteiger partial charge on any atom is -0.347 e. The van der Waals surface area contributed by atoms with Gasteiger partial charge in [-0.1, -0.05) is 48.5 Å². The number of hydrogen-bond acceptors (Lipinski definition) is 1. The Morgan fingerprint density at radius 3 is 2.00 bits per heavy atom. The first kappa shape index (κ1) is 10.1.